The van der Waals surface area contributed by atoms with Gasteiger partial charge in [-0.25, -0.2) is 0 Å². The summed E-state index contributed by atoms with van der Waals surface area (Å²) >= 11 is 0. The maximum absolute atomic E-state index is 13.8. The maximum atomic E-state index is 13.8. The molecule has 1 aromatic carbocycles. The van der Waals surface area contributed by atoms with Gasteiger partial charge in [0.25, 0.3) is 0 Å². The van der Waals surface area contributed by atoms with Crippen LogP contribution < -0.4 is 5.32 Å². The summed E-state index contributed by atoms with van der Waals surface area (Å²) in [6.07, 6.45) is -0.540. The third-order valence-corrected chi connectivity index (χ3v) is 6.48. The Kier molecular flexibility index (Phi) is 8.15. The van der Waals surface area contributed by atoms with Crippen LogP contribution in [0.15, 0.2) is 40.9 Å². The van der Waals surface area contributed by atoms with E-state index in [0.717, 1.165) is 5.56 Å². The Morgan fingerprint density at radius 3 is 2.40 bits per heavy atom. The van der Waals surface area contributed by atoms with Gasteiger partial charge >= 0.3 is 0 Å². The average molecular weight is 484 g/mol. The molecular weight excluding hydrogens is 446 g/mol. The maximum Gasteiger partial charge on any atom is 0.243 e. The summed E-state index contributed by atoms with van der Waals surface area (Å²) in [7, 11) is 0. The fourth-order valence-corrected chi connectivity index (χ4v) is 4.55. The number of ketones is 1. The number of carbonyl (C=O) groups is 3. The molecule has 35 heavy (non-hydrogen) atoms. The number of aromatic nitrogens is 1. The topological polar surface area (TPSA) is 113 Å². The summed E-state index contributed by atoms with van der Waals surface area (Å²) in [5.41, 5.74) is 0.975. The molecule has 4 atom stereocenters. The summed E-state index contributed by atoms with van der Waals surface area (Å²) in [5, 5.41) is 17.4. The van der Waals surface area contributed by atoms with Gasteiger partial charge in [0.15, 0.2) is 0 Å². The number of nitrogens with one attached hydrogen (secondary N) is 1. The fourth-order valence-electron chi connectivity index (χ4n) is 4.55. The molecule has 190 valence electrons. The molecule has 1 aliphatic heterocycles. The van der Waals surface area contributed by atoms with Crippen LogP contribution in [0.3, 0.4) is 0 Å². The molecule has 2 N–H and O–H groups in total. The van der Waals surface area contributed by atoms with E-state index in [1.807, 2.05) is 65.0 Å². The first-order valence-corrected chi connectivity index (χ1v) is 12.2. The molecule has 0 unspecified atom stereocenters. The first kappa shape index (κ1) is 26.6. The molecule has 0 saturated carbocycles. The number of nitrogens with zero attached hydrogens (tertiary/aromatic N) is 2. The van der Waals surface area contributed by atoms with Gasteiger partial charge in [-0.15, -0.1) is 0 Å². The van der Waals surface area contributed by atoms with Gasteiger partial charge in [-0.05, 0) is 17.9 Å². The zero-order valence-electron chi connectivity index (χ0n) is 21.4. The number of Topliss-reactive ketones (excluding diaryl/α,β-unsaturated/α-hetero) is 1. The van der Waals surface area contributed by atoms with Gasteiger partial charge < -0.3 is 19.8 Å². The summed E-state index contributed by atoms with van der Waals surface area (Å²) in [6, 6.07) is 9.68. The van der Waals surface area contributed by atoms with Crippen molar-refractivity contribution in [1.29, 1.82) is 0 Å². The number of amides is 2. The highest BCUT2D eigenvalue weighted by Gasteiger charge is 2.46. The highest BCUT2D eigenvalue weighted by molar-refractivity contribution is 5.92. The minimum absolute atomic E-state index is 0.0343. The molecule has 0 spiro atoms. The molecule has 0 bridgehead atoms. The van der Waals surface area contributed by atoms with E-state index in [0.29, 0.717) is 11.5 Å². The molecule has 1 aromatic heterocycles. The Morgan fingerprint density at radius 1 is 1.20 bits per heavy atom. The quantitative estimate of drug-likeness (QED) is 0.594. The predicted octanol–water partition coefficient (Wildman–Crippen LogP) is 3.55. The van der Waals surface area contributed by atoms with Gasteiger partial charge in [0.2, 0.25) is 11.8 Å². The largest absolute Gasteiger partial charge is 0.391 e. The fraction of sp³-hybridized carbons (Fsp3) is 0.556. The number of β-amino-alcohol motifs (C(OH)–C–C–N with tert-alkyl or cyclic N) is 1. The highest BCUT2D eigenvalue weighted by Crippen LogP contribution is 2.38. The lowest BCUT2D eigenvalue weighted by atomic mass is 9.78. The second kappa shape index (κ2) is 10.7. The zero-order valence-corrected chi connectivity index (χ0v) is 21.4. The number of aliphatic hydroxyl groups excluding tert-OH is 1. The molecule has 8 heteroatoms. The standard InChI is InChI=1S/C27H37N3O5/c1-16(2)22(32)14-20(18-10-8-7-9-11-18)28-25(33)21-13-19(31)15-30(21)26(34)24(27(4,5)6)23-12-17(3)29-35-23/h7-12,16,19-21,24,31H,13-15H2,1-6H3,(H,28,33)/t19-,20+,21+,24-/m1/s1. The van der Waals surface area contributed by atoms with Crippen molar-refractivity contribution in [2.75, 3.05) is 6.54 Å². The van der Waals surface area contributed by atoms with E-state index < -0.39 is 29.5 Å². The third kappa shape index (κ3) is 6.36. The molecule has 1 fully saturated rings. The van der Waals surface area contributed by atoms with Gasteiger partial charge in [0, 0.05) is 31.4 Å². The molecule has 1 saturated heterocycles. The Hall–Kier alpha value is -3.00. The van der Waals surface area contributed by atoms with Crippen molar-refractivity contribution in [1.82, 2.24) is 15.4 Å². The van der Waals surface area contributed by atoms with E-state index >= 15 is 0 Å². The van der Waals surface area contributed by atoms with E-state index in [-0.39, 0.29) is 42.9 Å². The zero-order chi connectivity index (χ0) is 25.9. The number of aryl methyl sites for hydroxylation is 1. The Morgan fingerprint density at radius 2 is 1.86 bits per heavy atom. The molecule has 8 nitrogen and oxygen atoms in total. The van der Waals surface area contributed by atoms with Crippen LogP contribution in [0.25, 0.3) is 0 Å². The molecule has 1 aliphatic rings. The van der Waals surface area contributed by atoms with E-state index in [4.69, 9.17) is 4.52 Å². The van der Waals surface area contributed by atoms with Crippen LogP contribution in [0.1, 0.15) is 76.4 Å². The molecule has 0 radical (unpaired) electrons. The van der Waals surface area contributed by atoms with Crippen LogP contribution >= 0.6 is 0 Å². The first-order valence-electron chi connectivity index (χ1n) is 12.2. The minimum Gasteiger partial charge on any atom is -0.391 e. The molecule has 2 heterocycles. The predicted molar refractivity (Wildman–Crippen MR) is 131 cm³/mol. The van der Waals surface area contributed by atoms with E-state index in [1.165, 1.54) is 4.90 Å². The highest BCUT2D eigenvalue weighted by atomic mass is 16.5. The van der Waals surface area contributed by atoms with Crippen molar-refractivity contribution < 1.29 is 24.0 Å². The number of aliphatic hydroxyl groups is 1. The summed E-state index contributed by atoms with van der Waals surface area (Å²) < 4.78 is 5.45. The van der Waals surface area contributed by atoms with Crippen LogP contribution in [0.4, 0.5) is 0 Å². The Balaban J connectivity index is 1.86. The number of hydrogen-bond acceptors (Lipinski definition) is 6. The first-order chi connectivity index (χ1) is 16.4. The lowest BCUT2D eigenvalue weighted by Crippen LogP contribution is -2.49. The van der Waals surface area contributed by atoms with Crippen LogP contribution in [-0.2, 0) is 14.4 Å². The molecular formula is C27H37N3O5. The molecule has 2 aromatic rings. The SMILES string of the molecule is Cc1cc([C@H](C(=O)N2C[C@H](O)C[C@H]2C(=O)N[C@@H](CC(=O)C(C)C)c2ccccc2)C(C)(C)C)on1. The van der Waals surface area contributed by atoms with Crippen molar-refractivity contribution in [3.8, 4) is 0 Å². The summed E-state index contributed by atoms with van der Waals surface area (Å²) in [4.78, 5) is 41.3. The van der Waals surface area contributed by atoms with Gasteiger partial charge in [0.1, 0.15) is 23.5 Å². The molecule has 0 aliphatic carbocycles. The third-order valence-electron chi connectivity index (χ3n) is 6.48. The lowest BCUT2D eigenvalue weighted by molar-refractivity contribution is -0.142. The number of carbonyl (C=O) groups excluding carboxylic acids is 3. The van der Waals surface area contributed by atoms with Gasteiger partial charge in [0.05, 0.1) is 17.8 Å². The molecule has 3 rings (SSSR count). The molecule has 2 amide bonds. The Bertz CT molecular complexity index is 1040. The van der Waals surface area contributed by atoms with Gasteiger partial charge in [-0.1, -0.05) is 70.1 Å². The number of benzene rings is 1. The van der Waals surface area contributed by atoms with Gasteiger partial charge in [-0.2, -0.15) is 0 Å². The van der Waals surface area contributed by atoms with Crippen molar-refractivity contribution in [2.24, 2.45) is 11.3 Å². The number of rotatable bonds is 8. The summed E-state index contributed by atoms with van der Waals surface area (Å²) in [5.74, 6) is -1.04. The second-order valence-electron chi connectivity index (χ2n) is 10.9. The lowest BCUT2D eigenvalue weighted by Gasteiger charge is -2.34. The smallest absolute Gasteiger partial charge is 0.243 e. The van der Waals surface area contributed by atoms with Crippen LogP contribution in [0.5, 0.6) is 0 Å². The van der Waals surface area contributed by atoms with Crippen molar-refractivity contribution in [2.45, 2.75) is 78.5 Å². The number of hydrogen-bond donors (Lipinski definition) is 2. The van der Waals surface area contributed by atoms with Crippen molar-refractivity contribution in [3.63, 3.8) is 0 Å². The second-order valence-corrected chi connectivity index (χ2v) is 10.9. The Labute approximate surface area is 207 Å². The van der Waals surface area contributed by atoms with Crippen LogP contribution in [0.2, 0.25) is 0 Å². The van der Waals surface area contributed by atoms with E-state index in [2.05, 4.69) is 10.5 Å². The van der Waals surface area contributed by atoms with Crippen LogP contribution in [0, 0.1) is 18.3 Å². The van der Waals surface area contributed by atoms with E-state index in [1.54, 1.807) is 13.0 Å². The summed E-state index contributed by atoms with van der Waals surface area (Å²) in [6.45, 7) is 11.3. The minimum atomic E-state index is -0.855. The van der Waals surface area contributed by atoms with E-state index in [9.17, 15) is 19.5 Å². The normalized spacial score (nSPS) is 20.1. The monoisotopic (exact) mass is 483 g/mol. The van der Waals surface area contributed by atoms with Gasteiger partial charge in [-0.3, -0.25) is 14.4 Å². The number of likely N-dealkylation sites (tertiary alicyclic amines) is 1. The average Bonchev–Trinajstić information content (AvgIpc) is 3.38. The van der Waals surface area contributed by atoms with Crippen LogP contribution in [-0.4, -0.2) is 51.5 Å². The van der Waals surface area contributed by atoms with Crippen molar-refractivity contribution in [3.05, 3.63) is 53.4 Å². The van der Waals surface area contributed by atoms with Crippen molar-refractivity contribution >= 4 is 17.6 Å².